The van der Waals surface area contributed by atoms with Gasteiger partial charge in [0.05, 0.1) is 99.1 Å². The number of phenolic OH excluding ortho intramolecular Hbond substituents is 1. The number of hydrogen-bond acceptors (Lipinski definition) is 30. The van der Waals surface area contributed by atoms with Gasteiger partial charge in [-0.3, -0.25) is 29.4 Å². The number of nitrogens with zero attached hydrogens (tertiary/aromatic N) is 26. The number of nitrogens with two attached hydrogens (primary N) is 2. The van der Waals surface area contributed by atoms with Crippen LogP contribution in [0.5, 0.6) is 5.75 Å². The zero-order chi connectivity index (χ0) is 99.4. The average molecular weight is 1960 g/mol. The van der Waals surface area contributed by atoms with Crippen molar-refractivity contribution >= 4 is 118 Å². The molecule has 0 aliphatic carbocycles. The van der Waals surface area contributed by atoms with Crippen LogP contribution in [0.4, 0.5) is 42.1 Å². The molecule has 45 heteroatoms. The van der Waals surface area contributed by atoms with Gasteiger partial charge in [0.1, 0.15) is 65.2 Å². The number of rotatable bonds is 23. The Morgan fingerprint density at radius 2 is 1.22 bits per heavy atom. The van der Waals surface area contributed by atoms with E-state index in [0.717, 1.165) is 145 Å². The van der Waals surface area contributed by atoms with E-state index in [1.807, 2.05) is 69.2 Å². The number of aromatic nitrogens is 22. The maximum Gasteiger partial charge on any atom is 0.294 e. The van der Waals surface area contributed by atoms with E-state index in [4.69, 9.17) is 40.3 Å². The smallest absolute Gasteiger partial charge is 0.294 e. The second-order valence-corrected chi connectivity index (χ2v) is 32.0. The molecule has 40 nitrogen and oxygen atoms in total. The van der Waals surface area contributed by atoms with Crippen molar-refractivity contribution < 1.29 is 55.0 Å². The molecule has 11 aromatic heterocycles. The van der Waals surface area contributed by atoms with Crippen LogP contribution < -0.4 is 21.7 Å². The summed E-state index contributed by atoms with van der Waals surface area (Å²) in [6, 6.07) is 16.7. The monoisotopic (exact) mass is 1960 g/mol. The lowest BCUT2D eigenvalue weighted by atomic mass is 10.1. The number of nitrogen functional groups attached to an aromatic ring is 2. The molecular weight excluding hydrogens is 1850 g/mol. The SMILES string of the molecule is C/C(=N\O)c1cc(C)c(F)cc1O.CC#CC(=O)CN=CNc1c(C#N)cnn1CCC.CC#Cc1nc(-c2cnn(CCC)c2N)n[nH]1.CC#Cc1nc(-c2cnn(CCN3CCN(c4cc5c(C)noc5cc4F)CC3)c2N)n[nH]1.CC#Cc1nc2c3cnn(CCC)c3ncn2n1.CCCn1ncc(C)c1N=COCC.Cc1ccc(S(=O)(=O)O)cc1.Cc1noc2cc(F)c(Br)cc12. The van der Waals surface area contributed by atoms with Crippen molar-refractivity contribution in [1.82, 2.24) is 114 Å². The molecule has 0 unspecified atom stereocenters. The molecule has 10 N–H and O–H groups in total. The highest BCUT2D eigenvalue weighted by Crippen LogP contribution is 2.32. The number of carbonyl (C=O) groups excluding carboxylic acids is 1. The number of nitriles is 1. The average Bonchev–Trinajstić information content (AvgIpc) is 1.63. The van der Waals surface area contributed by atoms with Gasteiger partial charge in [-0.1, -0.05) is 84.5 Å². The molecular formula is C92H105BrF3N31O9S. The minimum Gasteiger partial charge on any atom is -0.507 e. The van der Waals surface area contributed by atoms with Crippen LogP contribution in [-0.2, 0) is 52.4 Å². The molecule has 16 rings (SSSR count). The second-order valence-electron chi connectivity index (χ2n) is 29.8. The quantitative estimate of drug-likeness (QED) is 0.00561. The van der Waals surface area contributed by atoms with Crippen LogP contribution in [0.25, 0.3) is 61.4 Å². The number of anilines is 4. The number of hydrogen-bond donors (Lipinski definition) is 8. The minimum atomic E-state index is -4.02. The molecule has 1 fully saturated rings. The fourth-order valence-corrected chi connectivity index (χ4v) is 13.7. The fraction of sp³-hybridized carbons (Fsp3) is 0.337. The summed E-state index contributed by atoms with van der Waals surface area (Å²) in [5, 5.41) is 82.0. The number of benzene rings is 4. The van der Waals surface area contributed by atoms with Crippen molar-refractivity contribution in [3.05, 3.63) is 177 Å². The summed E-state index contributed by atoms with van der Waals surface area (Å²) in [4.78, 5) is 40.9. The minimum absolute atomic E-state index is 0.00234. The van der Waals surface area contributed by atoms with Crippen molar-refractivity contribution in [2.45, 2.75) is 167 Å². The van der Waals surface area contributed by atoms with E-state index in [9.17, 15) is 31.5 Å². The normalized spacial score (nSPS) is 11.6. The number of aromatic amines is 2. The van der Waals surface area contributed by atoms with Crippen LogP contribution in [0.3, 0.4) is 0 Å². The van der Waals surface area contributed by atoms with E-state index >= 15 is 0 Å². The largest absolute Gasteiger partial charge is 0.507 e. The number of piperazine rings is 1. The number of fused-ring (bicyclic) bond motifs is 5. The third-order valence-corrected chi connectivity index (χ3v) is 21.2. The van der Waals surface area contributed by atoms with Crippen LogP contribution >= 0.6 is 15.9 Å². The summed E-state index contributed by atoms with van der Waals surface area (Å²) in [6.45, 7) is 36.1. The summed E-state index contributed by atoms with van der Waals surface area (Å²) in [5.74, 6) is 25.3. The van der Waals surface area contributed by atoms with Gasteiger partial charge in [0.25, 0.3) is 10.1 Å². The highest BCUT2D eigenvalue weighted by molar-refractivity contribution is 9.10. The number of ether oxygens (including phenoxy) is 1. The Morgan fingerprint density at radius 3 is 1.80 bits per heavy atom. The first-order valence-corrected chi connectivity index (χ1v) is 45.2. The summed E-state index contributed by atoms with van der Waals surface area (Å²) < 4.78 is 96.1. The predicted molar refractivity (Wildman–Crippen MR) is 518 cm³/mol. The Balaban J connectivity index is 0.000000180. The molecule has 716 valence electrons. The number of aliphatic imine (C=N–C) groups is 2. The highest BCUT2D eigenvalue weighted by atomic mass is 79.9. The van der Waals surface area contributed by atoms with Crippen molar-refractivity contribution in [3.63, 3.8) is 0 Å². The number of aromatic hydroxyl groups is 1. The van der Waals surface area contributed by atoms with E-state index in [1.165, 1.54) is 56.2 Å². The molecule has 0 bridgehead atoms. The zero-order valence-corrected chi connectivity index (χ0v) is 80.6. The van der Waals surface area contributed by atoms with Gasteiger partial charge in [0, 0.05) is 99.0 Å². The number of aryl methyl sites for hydroxylation is 9. The summed E-state index contributed by atoms with van der Waals surface area (Å²) in [6.07, 6.45) is 16.9. The molecule has 0 spiro atoms. The van der Waals surface area contributed by atoms with Crippen LogP contribution in [0.2, 0.25) is 0 Å². The molecule has 0 amide bonds. The third-order valence-electron chi connectivity index (χ3n) is 19.7. The van der Waals surface area contributed by atoms with Crippen LogP contribution in [0, 0.1) is 111 Å². The van der Waals surface area contributed by atoms with Crippen LogP contribution in [0.1, 0.15) is 152 Å². The van der Waals surface area contributed by atoms with Gasteiger partial charge in [-0.15, -0.1) is 5.10 Å². The van der Waals surface area contributed by atoms with Gasteiger partial charge in [0.15, 0.2) is 46.3 Å². The first-order valence-electron chi connectivity index (χ1n) is 43.0. The lowest BCUT2D eigenvalue weighted by Crippen LogP contribution is -2.47. The maximum absolute atomic E-state index is 14.6. The number of nitrogens with one attached hydrogen (secondary N) is 3. The Labute approximate surface area is 796 Å². The Morgan fingerprint density at radius 1 is 0.657 bits per heavy atom. The Hall–Kier alpha value is -15.9. The van der Waals surface area contributed by atoms with E-state index < -0.39 is 15.9 Å². The third kappa shape index (κ3) is 28.8. The lowest BCUT2D eigenvalue weighted by molar-refractivity contribution is -0.112. The Bertz CT molecular complexity index is 7160. The van der Waals surface area contributed by atoms with E-state index in [0.29, 0.717) is 110 Å². The predicted octanol–water partition coefficient (Wildman–Crippen LogP) is 14.1. The van der Waals surface area contributed by atoms with Crippen molar-refractivity contribution in [2.24, 2.45) is 15.1 Å². The molecule has 4 aromatic carbocycles. The molecule has 12 heterocycles. The number of halogens is 4. The van der Waals surface area contributed by atoms with Crippen molar-refractivity contribution in [2.75, 3.05) is 67.6 Å². The number of phenols is 1. The molecule has 1 saturated heterocycles. The van der Waals surface area contributed by atoms with Gasteiger partial charge in [0.2, 0.25) is 23.3 Å². The van der Waals surface area contributed by atoms with Gasteiger partial charge >= 0.3 is 0 Å². The van der Waals surface area contributed by atoms with Crippen LogP contribution in [-0.4, -0.2) is 207 Å². The number of ketones is 1. The molecule has 0 radical (unpaired) electrons. The summed E-state index contributed by atoms with van der Waals surface area (Å²) >= 11 is 3.09. The lowest BCUT2D eigenvalue weighted by Gasteiger charge is -2.36. The van der Waals surface area contributed by atoms with Gasteiger partial charge < -0.3 is 45.8 Å². The van der Waals surface area contributed by atoms with Gasteiger partial charge in [-0.2, -0.15) is 64.3 Å². The number of Topliss-reactive ketones (excluding diaryl/α,β-unsaturated/α-hetero) is 1. The number of H-pyrrole nitrogens is 2. The second kappa shape index (κ2) is 51.4. The van der Waals surface area contributed by atoms with E-state index in [2.05, 4.69) is 196 Å². The van der Waals surface area contributed by atoms with Gasteiger partial charge in [-0.05, 0) is 177 Å². The Kier molecular flexibility index (Phi) is 39.3. The highest BCUT2D eigenvalue weighted by Gasteiger charge is 2.24. The van der Waals surface area contributed by atoms with Crippen LogP contribution in [0.15, 0.2) is 132 Å². The maximum atomic E-state index is 14.6. The fourth-order valence-electron chi connectivity index (χ4n) is 12.9. The van der Waals surface area contributed by atoms with Crippen molar-refractivity contribution in [1.29, 1.82) is 5.26 Å². The summed E-state index contributed by atoms with van der Waals surface area (Å²) in [5.41, 5.74) is 21.8. The van der Waals surface area contributed by atoms with E-state index in [1.54, 1.807) is 96.3 Å². The topological polar surface area (TPSA) is 520 Å². The molecule has 0 saturated carbocycles. The molecule has 1 aliphatic rings. The summed E-state index contributed by atoms with van der Waals surface area (Å²) in [7, 11) is -4.02. The van der Waals surface area contributed by atoms with E-state index in [-0.39, 0.29) is 40.3 Å². The number of carbonyl (C=O) groups is 1. The number of oxime groups is 1. The molecule has 137 heavy (non-hydrogen) atoms. The standard InChI is InChI=1S/C22H24FN9O.C13H15N5O.C12H12N6.C11H14N6.C10H17N3O.C9H10FNO2.C8H5BrFNO.C7H8O3S/c1-3-4-20-26-22(28-27-20)16-13-25-32(21(16)24)10-7-30-5-8-31(9-6-30)18-11-15-14(2)29-33-19(15)12-17(18)23;1-3-5-12(19)9-15-10-16-13-11(7-14)8-17-18(13)6-4-2;1-3-5-10-15-12-9-7-14-17(6-4-2)11(9)13-8-18(12)16-10;1-3-5-9-14-11(16-15-9)8-7-13-17(6-4-2)10(8)12;1-4-6-13-10(9(3)7-12-13)11-8-14-5-2;1-5-3-7(6(2)11-13)9(12)4-8(5)10;1-4-5-2-6(9)7(10)3-8(5)12-11-4;1-6-2-4-7(5-3-6)11(8,9)10/h11-13H,5-10,24H2,1-2H3,(H,26,27,28);8,10H,4,6,9H2,1-2H3,(H,15,16);7-8H,4,6H2,1-2H3;7H,4,6,12H2,1-2H3,(H,14,15,16);7-8H,4-6H2,1-3H3;3-4,12-13H,1-2H3;2-3H,1H3;2-5H,1H3,(H,8,9,10)/b;;;;;11-6+;;. The zero-order valence-electron chi connectivity index (χ0n) is 78.2. The molecule has 0 atom stereocenters. The first kappa shape index (κ1) is 105. The van der Waals surface area contributed by atoms with Gasteiger partial charge in [-0.25, -0.2) is 51.1 Å². The first-order chi connectivity index (χ1) is 65.9. The van der Waals surface area contributed by atoms with Crippen molar-refractivity contribution in [3.8, 4) is 82.0 Å². The molecule has 15 aromatic rings. The molecule has 1 aliphatic heterocycles.